The second-order valence-corrected chi connectivity index (χ2v) is 4.28. The molecule has 4 nitrogen and oxygen atoms in total. The lowest BCUT2D eigenvalue weighted by molar-refractivity contribution is -0.276. The van der Waals surface area contributed by atoms with E-state index in [9.17, 15) is 31.1 Å². The summed E-state index contributed by atoms with van der Waals surface area (Å²) in [5, 5.41) is -0.270. The third-order valence-electron chi connectivity index (χ3n) is 2.24. The Morgan fingerprint density at radius 2 is 1.86 bits per heavy atom. The number of hydrogen-bond donors (Lipinski definition) is 0. The highest BCUT2D eigenvalue weighted by Crippen LogP contribution is 2.41. The third kappa shape index (κ3) is 4.49. The molecule has 11 heteroatoms. The maximum Gasteiger partial charge on any atom is 0.573 e. The van der Waals surface area contributed by atoms with Crippen LogP contribution in [0.2, 0.25) is 0 Å². The molecule has 0 spiro atoms. The molecule has 0 amide bonds. The number of esters is 1. The molecule has 0 aliphatic rings. The van der Waals surface area contributed by atoms with Crippen molar-refractivity contribution in [2.75, 3.05) is 6.61 Å². The Morgan fingerprint density at radius 1 is 1.27 bits per heavy atom. The molecule has 0 aromatic carbocycles. The van der Waals surface area contributed by atoms with Crippen LogP contribution in [0.3, 0.4) is 0 Å². The average Bonchev–Trinajstić information content (AvgIpc) is 2.34. The lowest BCUT2D eigenvalue weighted by Gasteiger charge is -2.19. The highest BCUT2D eigenvalue weighted by molar-refractivity contribution is 9.08. The van der Waals surface area contributed by atoms with E-state index in [0.29, 0.717) is 0 Å². The molecule has 1 heterocycles. The van der Waals surface area contributed by atoms with E-state index < -0.39 is 35.4 Å². The van der Waals surface area contributed by atoms with Crippen LogP contribution in [-0.2, 0) is 16.2 Å². The van der Waals surface area contributed by atoms with Crippen LogP contribution in [0.15, 0.2) is 6.20 Å². The first-order valence-corrected chi connectivity index (χ1v) is 6.71. The largest absolute Gasteiger partial charge is 0.573 e. The first kappa shape index (κ1) is 18.5. The van der Waals surface area contributed by atoms with Crippen molar-refractivity contribution in [2.45, 2.75) is 24.8 Å². The van der Waals surface area contributed by atoms with Crippen LogP contribution in [-0.4, -0.2) is 23.9 Å². The Labute approximate surface area is 128 Å². The van der Waals surface area contributed by atoms with E-state index >= 15 is 0 Å². The van der Waals surface area contributed by atoms with Gasteiger partial charge in [-0.05, 0) is 6.92 Å². The van der Waals surface area contributed by atoms with Crippen LogP contribution in [0.25, 0.3) is 0 Å². The van der Waals surface area contributed by atoms with Gasteiger partial charge in [-0.1, -0.05) is 15.9 Å². The molecule has 0 saturated heterocycles. The Morgan fingerprint density at radius 3 is 2.27 bits per heavy atom. The van der Waals surface area contributed by atoms with Crippen molar-refractivity contribution >= 4 is 21.9 Å². The number of carbonyl (C=O) groups excluding carboxylic acids is 1. The summed E-state index contributed by atoms with van der Waals surface area (Å²) in [5.41, 5.74) is -3.21. The molecule has 0 N–H and O–H groups in total. The van der Waals surface area contributed by atoms with Crippen molar-refractivity contribution < 1.29 is 40.6 Å². The van der Waals surface area contributed by atoms with Gasteiger partial charge in [0, 0.05) is 11.5 Å². The summed E-state index contributed by atoms with van der Waals surface area (Å²) in [7, 11) is 0. The first-order valence-electron chi connectivity index (χ1n) is 5.59. The topological polar surface area (TPSA) is 48.4 Å². The molecule has 1 rings (SSSR count). The van der Waals surface area contributed by atoms with Crippen molar-refractivity contribution in [3.63, 3.8) is 0 Å². The van der Waals surface area contributed by atoms with Crippen molar-refractivity contribution in [2.24, 2.45) is 0 Å². The number of aromatic nitrogens is 1. The zero-order valence-electron chi connectivity index (χ0n) is 10.8. The second-order valence-electron chi connectivity index (χ2n) is 3.72. The maximum absolute atomic E-state index is 12.8. The van der Waals surface area contributed by atoms with E-state index in [1.165, 1.54) is 6.92 Å². The van der Waals surface area contributed by atoms with E-state index in [0.717, 1.165) is 0 Å². The van der Waals surface area contributed by atoms with Crippen LogP contribution < -0.4 is 4.74 Å². The minimum Gasteiger partial charge on any atom is -0.462 e. The number of hydrogen-bond acceptors (Lipinski definition) is 4. The number of ether oxygens (including phenoxy) is 2. The summed E-state index contributed by atoms with van der Waals surface area (Å²) in [5.74, 6) is -3.07. The first-order chi connectivity index (χ1) is 10.0. The molecule has 124 valence electrons. The van der Waals surface area contributed by atoms with Gasteiger partial charge in [-0.15, -0.1) is 13.2 Å². The van der Waals surface area contributed by atoms with Gasteiger partial charge in [0.15, 0.2) is 5.75 Å². The van der Waals surface area contributed by atoms with Crippen LogP contribution in [0.4, 0.5) is 26.3 Å². The summed E-state index contributed by atoms with van der Waals surface area (Å²) in [6.45, 7) is 1.10. The minimum atomic E-state index is -5.42. The SMILES string of the molecule is CCOC(=O)c1c(CBr)ncc(C(F)(F)F)c1OC(F)(F)F. The lowest BCUT2D eigenvalue weighted by atomic mass is 10.1. The molecular weight excluding hydrogens is 388 g/mol. The van der Waals surface area contributed by atoms with Gasteiger partial charge in [0.05, 0.1) is 12.3 Å². The third-order valence-corrected chi connectivity index (χ3v) is 2.77. The number of alkyl halides is 7. The van der Waals surface area contributed by atoms with Gasteiger partial charge in [-0.25, -0.2) is 4.79 Å². The molecule has 0 aliphatic carbocycles. The monoisotopic (exact) mass is 395 g/mol. The summed E-state index contributed by atoms with van der Waals surface area (Å²) in [6.07, 6.45) is -10.5. The number of rotatable bonds is 4. The smallest absolute Gasteiger partial charge is 0.462 e. The van der Waals surface area contributed by atoms with Gasteiger partial charge in [0.25, 0.3) is 0 Å². The fraction of sp³-hybridized carbons (Fsp3) is 0.455. The van der Waals surface area contributed by atoms with Gasteiger partial charge in [-0.3, -0.25) is 4.98 Å². The van der Waals surface area contributed by atoms with E-state index in [1.54, 1.807) is 0 Å². The van der Waals surface area contributed by atoms with Crippen molar-refractivity contribution in [1.29, 1.82) is 0 Å². The quantitative estimate of drug-likeness (QED) is 0.438. The highest BCUT2D eigenvalue weighted by Gasteiger charge is 2.43. The number of nitrogens with zero attached hydrogens (tertiary/aromatic N) is 1. The summed E-state index contributed by atoms with van der Waals surface area (Å²) < 4.78 is 83.6. The lowest BCUT2D eigenvalue weighted by Crippen LogP contribution is -2.24. The molecule has 0 unspecified atom stereocenters. The van der Waals surface area contributed by atoms with Gasteiger partial charge >= 0.3 is 18.5 Å². The Bertz CT molecular complexity index is 558. The molecule has 0 saturated carbocycles. The van der Waals surface area contributed by atoms with E-state index in [1.807, 2.05) is 0 Å². The van der Waals surface area contributed by atoms with Gasteiger partial charge in [0.2, 0.25) is 0 Å². The van der Waals surface area contributed by atoms with Crippen LogP contribution in [0.1, 0.15) is 28.5 Å². The van der Waals surface area contributed by atoms with E-state index in [4.69, 9.17) is 0 Å². The molecule has 1 aromatic rings. The maximum atomic E-state index is 12.8. The van der Waals surface area contributed by atoms with E-state index in [2.05, 4.69) is 30.4 Å². The second kappa shape index (κ2) is 6.71. The minimum absolute atomic E-state index is 0.167. The molecule has 1 aromatic heterocycles. The Balaban J connectivity index is 3.63. The number of halogens is 7. The predicted octanol–water partition coefficient (Wildman–Crippen LogP) is 4.07. The Kier molecular flexibility index (Phi) is 5.65. The molecule has 0 bridgehead atoms. The van der Waals surface area contributed by atoms with Crippen LogP contribution in [0.5, 0.6) is 5.75 Å². The van der Waals surface area contributed by atoms with Gasteiger partial charge < -0.3 is 9.47 Å². The summed E-state index contributed by atoms with van der Waals surface area (Å²) in [6, 6.07) is 0. The predicted molar refractivity (Wildman–Crippen MR) is 64.5 cm³/mol. The summed E-state index contributed by atoms with van der Waals surface area (Å²) in [4.78, 5) is 15.1. The molecule has 0 fully saturated rings. The molecule has 0 atom stereocenters. The molecule has 22 heavy (non-hydrogen) atoms. The molecular formula is C11H8BrF6NO3. The molecule has 0 radical (unpaired) electrons. The van der Waals surface area contributed by atoms with Crippen molar-refractivity contribution in [1.82, 2.24) is 4.98 Å². The number of carbonyl (C=O) groups is 1. The number of pyridine rings is 1. The molecule has 0 aliphatic heterocycles. The zero-order chi connectivity index (χ0) is 17.1. The standard InChI is InChI=1S/C11H8BrF6NO3/c1-2-21-9(20)7-6(3-12)19-4-5(10(13,14)15)8(7)22-11(16,17)18/h4H,2-3H2,1H3. The fourth-order valence-corrected chi connectivity index (χ4v) is 1.90. The highest BCUT2D eigenvalue weighted by atomic mass is 79.9. The summed E-state index contributed by atoms with van der Waals surface area (Å²) >= 11 is 2.83. The average molecular weight is 396 g/mol. The fourth-order valence-electron chi connectivity index (χ4n) is 1.47. The van der Waals surface area contributed by atoms with Crippen molar-refractivity contribution in [3.8, 4) is 5.75 Å². The Hall–Kier alpha value is -1.52. The zero-order valence-corrected chi connectivity index (χ0v) is 12.4. The van der Waals surface area contributed by atoms with Crippen LogP contribution in [0, 0.1) is 0 Å². The van der Waals surface area contributed by atoms with Gasteiger partial charge in [-0.2, -0.15) is 13.2 Å². The van der Waals surface area contributed by atoms with Gasteiger partial charge in [0.1, 0.15) is 11.1 Å². The van der Waals surface area contributed by atoms with E-state index in [-0.39, 0.29) is 23.8 Å². The van der Waals surface area contributed by atoms with Crippen molar-refractivity contribution in [3.05, 3.63) is 23.0 Å². The van der Waals surface area contributed by atoms with Crippen LogP contribution >= 0.6 is 15.9 Å². The normalized spacial score (nSPS) is 12.2.